The third kappa shape index (κ3) is 2.98. The molecular formula is C21H22N2O3. The van der Waals surface area contributed by atoms with Gasteiger partial charge in [0.2, 0.25) is 17.7 Å². The largest absolute Gasteiger partial charge is 0.337 e. The molecule has 1 aliphatic carbocycles. The second kappa shape index (κ2) is 6.90. The highest BCUT2D eigenvalue weighted by Crippen LogP contribution is 2.35. The van der Waals surface area contributed by atoms with Gasteiger partial charge in [-0.3, -0.25) is 19.3 Å². The van der Waals surface area contributed by atoms with Crippen molar-refractivity contribution in [2.45, 2.75) is 19.3 Å². The van der Waals surface area contributed by atoms with Gasteiger partial charge in [-0.05, 0) is 30.4 Å². The highest BCUT2D eigenvalue weighted by Gasteiger charge is 2.47. The molecule has 134 valence electrons. The van der Waals surface area contributed by atoms with E-state index in [-0.39, 0.29) is 36.1 Å². The van der Waals surface area contributed by atoms with E-state index < -0.39 is 0 Å². The SMILES string of the molecule is O=C(CN1C(=O)[C@H]2CC=CC[C@@H]2C1=O)N1CC=C(c2ccccc2)CC1. The van der Waals surface area contributed by atoms with Crippen molar-refractivity contribution >= 4 is 23.3 Å². The monoisotopic (exact) mass is 350 g/mol. The van der Waals surface area contributed by atoms with E-state index in [2.05, 4.69) is 18.2 Å². The quantitative estimate of drug-likeness (QED) is 0.621. The fourth-order valence-corrected chi connectivity index (χ4v) is 4.07. The maximum Gasteiger partial charge on any atom is 0.243 e. The van der Waals surface area contributed by atoms with E-state index in [9.17, 15) is 14.4 Å². The molecule has 0 saturated carbocycles. The first-order valence-corrected chi connectivity index (χ1v) is 9.17. The third-order valence-electron chi connectivity index (χ3n) is 5.60. The molecule has 5 heteroatoms. The van der Waals surface area contributed by atoms with Crippen LogP contribution in [0.15, 0.2) is 48.6 Å². The maximum atomic E-state index is 12.6. The zero-order valence-electron chi connectivity index (χ0n) is 14.6. The lowest BCUT2D eigenvalue weighted by molar-refractivity contribution is -0.146. The van der Waals surface area contributed by atoms with Gasteiger partial charge < -0.3 is 4.90 Å². The van der Waals surface area contributed by atoms with Gasteiger partial charge in [0.25, 0.3) is 0 Å². The summed E-state index contributed by atoms with van der Waals surface area (Å²) >= 11 is 0. The van der Waals surface area contributed by atoms with E-state index in [1.54, 1.807) is 4.90 Å². The molecule has 3 amide bonds. The predicted octanol–water partition coefficient (Wildman–Crippen LogP) is 2.25. The van der Waals surface area contributed by atoms with Crippen LogP contribution in [0.2, 0.25) is 0 Å². The van der Waals surface area contributed by atoms with Crippen molar-refractivity contribution in [1.29, 1.82) is 0 Å². The highest BCUT2D eigenvalue weighted by molar-refractivity contribution is 6.07. The highest BCUT2D eigenvalue weighted by atomic mass is 16.2. The summed E-state index contributed by atoms with van der Waals surface area (Å²) in [5, 5.41) is 0. The van der Waals surface area contributed by atoms with Crippen LogP contribution in [0.4, 0.5) is 0 Å². The summed E-state index contributed by atoms with van der Waals surface area (Å²) in [6.45, 7) is 1.01. The fraction of sp³-hybridized carbons (Fsp3) is 0.381. The Hall–Kier alpha value is -2.69. The van der Waals surface area contributed by atoms with Crippen molar-refractivity contribution in [3.05, 3.63) is 54.1 Å². The molecular weight excluding hydrogens is 328 g/mol. The summed E-state index contributed by atoms with van der Waals surface area (Å²) in [5.74, 6) is -1.07. The third-order valence-corrected chi connectivity index (χ3v) is 5.60. The summed E-state index contributed by atoms with van der Waals surface area (Å²) in [4.78, 5) is 40.5. The topological polar surface area (TPSA) is 57.7 Å². The Morgan fingerprint density at radius 2 is 1.65 bits per heavy atom. The first-order valence-electron chi connectivity index (χ1n) is 9.17. The van der Waals surface area contributed by atoms with Crippen molar-refractivity contribution in [1.82, 2.24) is 9.80 Å². The zero-order valence-corrected chi connectivity index (χ0v) is 14.6. The van der Waals surface area contributed by atoms with Crippen LogP contribution in [0.3, 0.4) is 0 Å². The normalized spacial score (nSPS) is 25.3. The minimum Gasteiger partial charge on any atom is -0.337 e. The van der Waals surface area contributed by atoms with Gasteiger partial charge in [0, 0.05) is 13.1 Å². The Labute approximate surface area is 153 Å². The fourth-order valence-electron chi connectivity index (χ4n) is 4.07. The first-order chi connectivity index (χ1) is 12.6. The van der Waals surface area contributed by atoms with Crippen LogP contribution in [0, 0.1) is 11.8 Å². The Kier molecular flexibility index (Phi) is 4.45. The number of amides is 3. The van der Waals surface area contributed by atoms with Crippen molar-refractivity contribution in [2.75, 3.05) is 19.6 Å². The molecule has 5 nitrogen and oxygen atoms in total. The van der Waals surface area contributed by atoms with E-state index in [1.807, 2.05) is 30.4 Å². The Morgan fingerprint density at radius 1 is 1.00 bits per heavy atom. The summed E-state index contributed by atoms with van der Waals surface area (Å²) in [5.41, 5.74) is 2.42. The lowest BCUT2D eigenvalue weighted by atomic mass is 9.85. The van der Waals surface area contributed by atoms with Crippen molar-refractivity contribution < 1.29 is 14.4 Å². The number of likely N-dealkylation sites (tertiary alicyclic amines) is 1. The first kappa shape index (κ1) is 16.8. The number of carbonyl (C=O) groups is 3. The zero-order chi connectivity index (χ0) is 18.1. The van der Waals surface area contributed by atoms with Crippen LogP contribution < -0.4 is 0 Å². The van der Waals surface area contributed by atoms with Gasteiger partial charge in [-0.25, -0.2) is 0 Å². The number of imide groups is 1. The number of fused-ring (bicyclic) bond motifs is 1. The molecule has 0 bridgehead atoms. The van der Waals surface area contributed by atoms with Crippen LogP contribution in [-0.2, 0) is 14.4 Å². The minimum absolute atomic E-state index is 0.126. The van der Waals surface area contributed by atoms with E-state index in [0.29, 0.717) is 25.9 Å². The van der Waals surface area contributed by atoms with Crippen LogP contribution in [0.25, 0.3) is 5.57 Å². The maximum absolute atomic E-state index is 12.6. The average molecular weight is 350 g/mol. The number of nitrogens with zero attached hydrogens (tertiary/aromatic N) is 2. The van der Waals surface area contributed by atoms with Crippen LogP contribution in [0.5, 0.6) is 0 Å². The Balaban J connectivity index is 1.40. The van der Waals surface area contributed by atoms with Crippen molar-refractivity contribution in [2.24, 2.45) is 11.8 Å². The molecule has 26 heavy (non-hydrogen) atoms. The van der Waals surface area contributed by atoms with Crippen LogP contribution in [0.1, 0.15) is 24.8 Å². The molecule has 0 aromatic heterocycles. The predicted molar refractivity (Wildman–Crippen MR) is 97.7 cm³/mol. The van der Waals surface area contributed by atoms with E-state index in [0.717, 1.165) is 6.42 Å². The van der Waals surface area contributed by atoms with E-state index in [1.165, 1.54) is 16.0 Å². The average Bonchev–Trinajstić information content (AvgIpc) is 2.94. The van der Waals surface area contributed by atoms with Gasteiger partial charge in [0.1, 0.15) is 6.54 Å². The van der Waals surface area contributed by atoms with Gasteiger partial charge in [-0.1, -0.05) is 48.6 Å². The molecule has 2 heterocycles. The van der Waals surface area contributed by atoms with Gasteiger partial charge >= 0.3 is 0 Å². The van der Waals surface area contributed by atoms with Crippen molar-refractivity contribution in [3.63, 3.8) is 0 Å². The molecule has 2 aliphatic heterocycles. The summed E-state index contributed by atoms with van der Waals surface area (Å²) in [6, 6.07) is 10.1. The standard InChI is InChI=1S/C21H22N2O3/c24-19(14-23-20(25)17-8-4-5-9-18(17)21(23)26)22-12-10-16(11-13-22)15-6-2-1-3-7-15/h1-7,10,17-18H,8-9,11-14H2/t17-,18-/m0/s1. The Morgan fingerprint density at radius 3 is 2.23 bits per heavy atom. The van der Waals surface area contributed by atoms with Gasteiger partial charge in [0.05, 0.1) is 11.8 Å². The van der Waals surface area contributed by atoms with Gasteiger partial charge in [-0.15, -0.1) is 0 Å². The van der Waals surface area contributed by atoms with Gasteiger partial charge in [-0.2, -0.15) is 0 Å². The molecule has 0 spiro atoms. The van der Waals surface area contributed by atoms with Crippen LogP contribution >= 0.6 is 0 Å². The second-order valence-electron chi connectivity index (χ2n) is 7.10. The van der Waals surface area contributed by atoms with Crippen molar-refractivity contribution in [3.8, 4) is 0 Å². The molecule has 0 radical (unpaired) electrons. The smallest absolute Gasteiger partial charge is 0.243 e. The van der Waals surface area contributed by atoms with E-state index >= 15 is 0 Å². The molecule has 1 fully saturated rings. The summed E-state index contributed by atoms with van der Waals surface area (Å²) in [7, 11) is 0. The Bertz CT molecular complexity index is 771. The molecule has 3 aliphatic rings. The summed E-state index contributed by atoms with van der Waals surface area (Å²) < 4.78 is 0. The second-order valence-corrected chi connectivity index (χ2v) is 7.10. The molecule has 0 N–H and O–H groups in total. The van der Waals surface area contributed by atoms with Crippen LogP contribution in [-0.4, -0.2) is 47.2 Å². The lowest BCUT2D eigenvalue weighted by Gasteiger charge is -2.28. The number of hydrogen-bond acceptors (Lipinski definition) is 3. The number of carbonyl (C=O) groups excluding carboxylic acids is 3. The molecule has 0 unspecified atom stereocenters. The van der Waals surface area contributed by atoms with Gasteiger partial charge in [0.15, 0.2) is 0 Å². The minimum atomic E-state index is -0.272. The molecule has 2 atom stereocenters. The molecule has 1 aromatic carbocycles. The number of allylic oxidation sites excluding steroid dienone is 2. The number of rotatable bonds is 3. The lowest BCUT2D eigenvalue weighted by Crippen LogP contribution is -2.44. The number of benzene rings is 1. The summed E-state index contributed by atoms with van der Waals surface area (Å²) in [6.07, 6.45) is 7.97. The number of hydrogen-bond donors (Lipinski definition) is 0. The molecule has 1 saturated heterocycles. The molecule has 1 aromatic rings. The molecule has 4 rings (SSSR count). The van der Waals surface area contributed by atoms with E-state index in [4.69, 9.17) is 0 Å².